The number of aryl methyl sites for hydroxylation is 1. The zero-order valence-electron chi connectivity index (χ0n) is 19.3. The third-order valence-electron chi connectivity index (χ3n) is 6.34. The monoisotopic (exact) mass is 450 g/mol. The summed E-state index contributed by atoms with van der Waals surface area (Å²) in [5.41, 5.74) is 3.32. The second kappa shape index (κ2) is 9.79. The van der Waals surface area contributed by atoms with Gasteiger partial charge in [0.05, 0.1) is 0 Å². The van der Waals surface area contributed by atoms with Gasteiger partial charge < -0.3 is 0 Å². The molecule has 0 aliphatic carbocycles. The van der Waals surface area contributed by atoms with E-state index in [0.29, 0.717) is 0 Å². The van der Waals surface area contributed by atoms with E-state index in [1.807, 2.05) is 0 Å². The van der Waals surface area contributed by atoms with Gasteiger partial charge in [-0.2, -0.15) is 0 Å². The molecule has 0 saturated carbocycles. The van der Waals surface area contributed by atoms with Crippen LogP contribution < -0.4 is 20.7 Å². The van der Waals surface area contributed by atoms with Gasteiger partial charge in [0.25, 0.3) is 0 Å². The van der Waals surface area contributed by atoms with Crippen molar-refractivity contribution in [3.63, 3.8) is 0 Å². The lowest BCUT2D eigenvalue weighted by atomic mass is 10.1. The Balaban J connectivity index is 1.66. The van der Waals surface area contributed by atoms with Crippen LogP contribution in [0.5, 0.6) is 0 Å². The highest BCUT2D eigenvalue weighted by Crippen LogP contribution is 2.10. The van der Waals surface area contributed by atoms with Crippen molar-refractivity contribution in [2.75, 3.05) is 0 Å². The first kappa shape index (κ1) is 21.7. The van der Waals surface area contributed by atoms with Crippen LogP contribution in [0, 0.1) is 18.8 Å². The highest BCUT2D eigenvalue weighted by molar-refractivity contribution is 7.19. The molecule has 0 N–H and O–H groups in total. The zero-order chi connectivity index (χ0) is 23.2. The lowest BCUT2D eigenvalue weighted by Crippen LogP contribution is -2.74. The summed E-state index contributed by atoms with van der Waals surface area (Å²) in [6.07, 6.45) is 0. The maximum absolute atomic E-state index is 3.34. The second-order valence-corrected chi connectivity index (χ2v) is 12.4. The highest BCUT2D eigenvalue weighted by Gasteiger charge is 2.41. The molecule has 0 amide bonds. The largest absolute Gasteiger partial charge is 0.179 e. The molecular weight excluding hydrogens is 424 g/mol. The van der Waals surface area contributed by atoms with E-state index in [1.54, 1.807) is 0 Å². The Morgan fingerprint density at radius 3 is 1.09 bits per heavy atom. The average molecular weight is 451 g/mol. The molecule has 0 aromatic heterocycles. The lowest BCUT2D eigenvalue weighted by Gasteiger charge is -2.34. The van der Waals surface area contributed by atoms with Gasteiger partial charge in [0.1, 0.15) is 0 Å². The molecule has 0 atom stereocenters. The fourth-order valence-corrected chi connectivity index (χ4v) is 9.39. The topological polar surface area (TPSA) is 0 Å². The van der Waals surface area contributed by atoms with Gasteiger partial charge in [-0.3, -0.25) is 0 Å². The molecule has 162 valence electrons. The van der Waals surface area contributed by atoms with Gasteiger partial charge in [0, 0.05) is 11.1 Å². The van der Waals surface area contributed by atoms with E-state index in [1.165, 1.54) is 26.3 Å². The summed E-state index contributed by atoms with van der Waals surface area (Å²) < 4.78 is 0. The van der Waals surface area contributed by atoms with Crippen molar-refractivity contribution in [1.29, 1.82) is 0 Å². The molecule has 0 spiro atoms. The minimum atomic E-state index is -2.46. The quantitative estimate of drug-likeness (QED) is 0.210. The Kier molecular flexibility index (Phi) is 6.25. The van der Waals surface area contributed by atoms with Crippen LogP contribution in [-0.4, -0.2) is 8.07 Å². The fourth-order valence-electron chi connectivity index (χ4n) is 4.65. The molecule has 0 radical (unpaired) electrons. The van der Waals surface area contributed by atoms with Gasteiger partial charge in [-0.05, 0) is 51.9 Å². The number of hydrogen-bond acceptors (Lipinski definition) is 0. The van der Waals surface area contributed by atoms with Crippen molar-refractivity contribution in [2.45, 2.75) is 6.92 Å². The standard InChI is InChI=1S/C33H26Si/c1-27-17-19-28(20-18-27)21-22-29-23-25-33(26-24-29)34(30-11-5-2-6-12-30,31-13-7-3-8-14-31)32-15-9-4-10-16-32/h2-20,23-26H,1H3. The van der Waals surface area contributed by atoms with E-state index >= 15 is 0 Å². The molecule has 5 aromatic rings. The Bertz CT molecular complexity index is 1310. The zero-order valence-corrected chi connectivity index (χ0v) is 20.3. The van der Waals surface area contributed by atoms with Gasteiger partial charge in [-0.25, -0.2) is 0 Å². The predicted octanol–water partition coefficient (Wildman–Crippen LogP) is 4.77. The predicted molar refractivity (Wildman–Crippen MR) is 147 cm³/mol. The summed E-state index contributed by atoms with van der Waals surface area (Å²) in [7, 11) is -2.46. The van der Waals surface area contributed by atoms with Crippen molar-refractivity contribution in [2.24, 2.45) is 0 Å². The smallest absolute Gasteiger partial charge is 0.0623 e. The third-order valence-corrected chi connectivity index (χ3v) is 11.1. The molecule has 34 heavy (non-hydrogen) atoms. The molecule has 0 saturated heterocycles. The summed E-state index contributed by atoms with van der Waals surface area (Å²) in [4.78, 5) is 0. The molecule has 0 fully saturated rings. The summed E-state index contributed by atoms with van der Waals surface area (Å²) in [6.45, 7) is 2.10. The first-order valence-electron chi connectivity index (χ1n) is 11.6. The molecule has 5 rings (SSSR count). The van der Waals surface area contributed by atoms with Crippen LogP contribution in [0.25, 0.3) is 0 Å². The molecule has 0 bridgehead atoms. The summed E-state index contributed by atoms with van der Waals surface area (Å²) in [5.74, 6) is 6.65. The average Bonchev–Trinajstić information content (AvgIpc) is 2.91. The molecule has 1 heteroatoms. The van der Waals surface area contributed by atoms with Gasteiger partial charge in [0.2, 0.25) is 0 Å². The molecule has 0 unspecified atom stereocenters. The Morgan fingerprint density at radius 1 is 0.382 bits per heavy atom. The third kappa shape index (κ3) is 4.24. The van der Waals surface area contributed by atoms with Crippen LogP contribution in [-0.2, 0) is 0 Å². The fraction of sp³-hybridized carbons (Fsp3) is 0.0303. The summed E-state index contributed by atoms with van der Waals surface area (Å²) >= 11 is 0. The molecule has 5 aromatic carbocycles. The van der Waals surface area contributed by atoms with Crippen LogP contribution in [0.2, 0.25) is 0 Å². The van der Waals surface area contributed by atoms with Crippen LogP contribution in [0.4, 0.5) is 0 Å². The van der Waals surface area contributed by atoms with E-state index in [-0.39, 0.29) is 0 Å². The molecule has 0 nitrogen and oxygen atoms in total. The molecule has 0 aliphatic heterocycles. The van der Waals surface area contributed by atoms with Crippen molar-refractivity contribution < 1.29 is 0 Å². The highest BCUT2D eigenvalue weighted by atomic mass is 28.3. The van der Waals surface area contributed by atoms with E-state index < -0.39 is 8.07 Å². The van der Waals surface area contributed by atoms with E-state index in [4.69, 9.17) is 0 Å². The van der Waals surface area contributed by atoms with Gasteiger partial charge in [0.15, 0.2) is 8.07 Å². The minimum Gasteiger partial charge on any atom is -0.0623 e. The minimum absolute atomic E-state index is 1.03. The summed E-state index contributed by atoms with van der Waals surface area (Å²) in [5, 5.41) is 5.50. The second-order valence-electron chi connectivity index (χ2n) is 8.54. The Morgan fingerprint density at radius 2 is 0.706 bits per heavy atom. The Hall–Kier alpha value is -4.12. The van der Waals surface area contributed by atoms with Crippen molar-refractivity contribution in [3.05, 3.63) is 156 Å². The van der Waals surface area contributed by atoms with E-state index in [9.17, 15) is 0 Å². The molecule has 0 aliphatic rings. The van der Waals surface area contributed by atoms with Gasteiger partial charge in [-0.15, -0.1) is 0 Å². The van der Waals surface area contributed by atoms with Gasteiger partial charge >= 0.3 is 0 Å². The summed E-state index contributed by atoms with van der Waals surface area (Å²) in [6, 6.07) is 50.3. The van der Waals surface area contributed by atoms with Crippen molar-refractivity contribution >= 4 is 28.8 Å². The Labute approximate surface area is 203 Å². The van der Waals surface area contributed by atoms with Gasteiger partial charge in [-0.1, -0.05) is 133 Å². The van der Waals surface area contributed by atoms with Crippen LogP contribution >= 0.6 is 0 Å². The van der Waals surface area contributed by atoms with Crippen molar-refractivity contribution in [3.8, 4) is 11.8 Å². The number of hydrogen-bond donors (Lipinski definition) is 0. The maximum atomic E-state index is 3.34. The molecule has 0 heterocycles. The van der Waals surface area contributed by atoms with Crippen LogP contribution in [0.3, 0.4) is 0 Å². The lowest BCUT2D eigenvalue weighted by molar-refractivity contribution is 1.46. The van der Waals surface area contributed by atoms with Crippen molar-refractivity contribution in [1.82, 2.24) is 0 Å². The van der Waals surface area contributed by atoms with E-state index in [2.05, 4.69) is 158 Å². The molecular formula is C33H26Si. The van der Waals surface area contributed by atoms with Crippen LogP contribution in [0.15, 0.2) is 140 Å². The number of rotatable bonds is 4. The first-order valence-corrected chi connectivity index (χ1v) is 13.6. The van der Waals surface area contributed by atoms with E-state index in [0.717, 1.165) is 11.1 Å². The maximum Gasteiger partial charge on any atom is 0.179 e. The van der Waals surface area contributed by atoms with Crippen LogP contribution in [0.1, 0.15) is 16.7 Å². The first-order chi connectivity index (χ1) is 16.8. The number of benzene rings is 5. The normalized spacial score (nSPS) is 10.9. The SMILES string of the molecule is Cc1ccc(C#Cc2ccc([Si](c3ccccc3)(c3ccccc3)c3ccccc3)cc2)cc1.